The molecule has 0 spiro atoms. The Hall–Kier alpha value is -1.69. The van der Waals surface area contributed by atoms with Crippen molar-refractivity contribution in [2.45, 2.75) is 47.1 Å². The van der Waals surface area contributed by atoms with Gasteiger partial charge in [0.05, 0.1) is 28.9 Å². The van der Waals surface area contributed by atoms with Gasteiger partial charge in [0.25, 0.3) is 0 Å². The van der Waals surface area contributed by atoms with E-state index < -0.39 is 0 Å². The fraction of sp³-hybridized carbons (Fsp3) is 0.500. The molecule has 5 nitrogen and oxygen atoms in total. The maximum Gasteiger partial charge on any atom is 0.225 e. The number of nitrogens with zero attached hydrogens (tertiary/aromatic N) is 2. The van der Waals surface area contributed by atoms with Crippen molar-refractivity contribution in [2.75, 3.05) is 0 Å². The lowest BCUT2D eigenvalue weighted by molar-refractivity contribution is -0.121. The van der Waals surface area contributed by atoms with Crippen LogP contribution < -0.4 is 5.32 Å². The number of thiazole rings is 1. The summed E-state index contributed by atoms with van der Waals surface area (Å²) in [5.74, 6) is -0.00449. The maximum atomic E-state index is 12.1. The van der Waals surface area contributed by atoms with E-state index in [9.17, 15) is 4.79 Å². The third-order valence-electron chi connectivity index (χ3n) is 3.35. The molecule has 2 N–H and O–H groups in total. The highest BCUT2D eigenvalue weighted by Crippen LogP contribution is 2.22. The number of rotatable bonds is 4. The van der Waals surface area contributed by atoms with Crippen molar-refractivity contribution in [3.63, 3.8) is 0 Å². The average molecular weight is 292 g/mol. The van der Waals surface area contributed by atoms with Crippen LogP contribution in [0, 0.1) is 27.7 Å². The van der Waals surface area contributed by atoms with Crippen LogP contribution in [0.15, 0.2) is 0 Å². The van der Waals surface area contributed by atoms with Gasteiger partial charge in [0.2, 0.25) is 5.91 Å². The molecule has 2 heterocycles. The standard InChI is InChI=1S/C14H20N4OS/c1-7-12(8(2)18-17-7)6-13(19)15-9(3)14-10(4)20-11(5)16-14/h9H,6H2,1-5H3,(H,15,19)(H,17,18)/t9-/m1/s1. The van der Waals surface area contributed by atoms with Crippen LogP contribution in [0.3, 0.4) is 0 Å². The number of aromatic nitrogens is 3. The molecule has 2 aromatic rings. The van der Waals surface area contributed by atoms with Gasteiger partial charge >= 0.3 is 0 Å². The molecule has 0 bridgehead atoms. The number of aryl methyl sites for hydroxylation is 4. The second kappa shape index (κ2) is 5.75. The summed E-state index contributed by atoms with van der Waals surface area (Å²) < 4.78 is 0. The fourth-order valence-electron chi connectivity index (χ4n) is 2.30. The molecule has 0 saturated carbocycles. The van der Waals surface area contributed by atoms with Gasteiger partial charge in [0.1, 0.15) is 0 Å². The van der Waals surface area contributed by atoms with Gasteiger partial charge in [-0.2, -0.15) is 5.10 Å². The quantitative estimate of drug-likeness (QED) is 0.909. The number of H-pyrrole nitrogens is 1. The van der Waals surface area contributed by atoms with E-state index in [1.165, 1.54) is 0 Å². The van der Waals surface area contributed by atoms with Gasteiger partial charge in [0, 0.05) is 16.1 Å². The largest absolute Gasteiger partial charge is 0.348 e. The van der Waals surface area contributed by atoms with E-state index >= 15 is 0 Å². The SMILES string of the molecule is Cc1nc([C@@H](C)NC(=O)Cc2c(C)n[nH]c2C)c(C)s1. The zero-order valence-electron chi connectivity index (χ0n) is 12.5. The normalized spacial score (nSPS) is 12.4. The molecule has 0 radical (unpaired) electrons. The Labute approximate surface area is 122 Å². The molecule has 108 valence electrons. The van der Waals surface area contributed by atoms with Crippen molar-refractivity contribution in [3.8, 4) is 0 Å². The number of hydrogen-bond donors (Lipinski definition) is 2. The third kappa shape index (κ3) is 3.07. The number of carbonyl (C=O) groups excluding carboxylic acids is 1. The molecule has 1 amide bonds. The van der Waals surface area contributed by atoms with Crippen molar-refractivity contribution in [3.05, 3.63) is 32.5 Å². The van der Waals surface area contributed by atoms with Gasteiger partial charge < -0.3 is 5.32 Å². The lowest BCUT2D eigenvalue weighted by atomic mass is 10.1. The molecule has 0 fully saturated rings. The van der Waals surface area contributed by atoms with E-state index in [4.69, 9.17) is 0 Å². The van der Waals surface area contributed by atoms with E-state index in [1.54, 1.807) is 11.3 Å². The Morgan fingerprint density at radius 1 is 1.35 bits per heavy atom. The second-order valence-corrected chi connectivity index (χ2v) is 6.46. The molecule has 6 heteroatoms. The predicted molar refractivity (Wildman–Crippen MR) is 79.9 cm³/mol. The van der Waals surface area contributed by atoms with Crippen LogP contribution in [0.5, 0.6) is 0 Å². The molecule has 0 aromatic carbocycles. The number of hydrogen-bond acceptors (Lipinski definition) is 4. The number of aromatic amines is 1. The fourth-order valence-corrected chi connectivity index (χ4v) is 3.22. The molecule has 0 aliphatic carbocycles. The lowest BCUT2D eigenvalue weighted by Crippen LogP contribution is -2.29. The smallest absolute Gasteiger partial charge is 0.225 e. The minimum Gasteiger partial charge on any atom is -0.348 e. The zero-order chi connectivity index (χ0) is 14.9. The van der Waals surface area contributed by atoms with Gasteiger partial charge in [-0.25, -0.2) is 4.98 Å². The molecule has 0 aliphatic rings. The van der Waals surface area contributed by atoms with Crippen LogP contribution in [0.1, 0.15) is 45.5 Å². The Bertz CT molecular complexity index is 610. The first kappa shape index (κ1) is 14.7. The Balaban J connectivity index is 2.03. The molecule has 0 unspecified atom stereocenters. The molecule has 1 atom stereocenters. The first-order chi connectivity index (χ1) is 9.38. The van der Waals surface area contributed by atoms with Gasteiger partial charge in [0.15, 0.2) is 0 Å². The van der Waals surface area contributed by atoms with Gasteiger partial charge in [-0.3, -0.25) is 9.89 Å². The van der Waals surface area contributed by atoms with Crippen molar-refractivity contribution < 1.29 is 4.79 Å². The van der Waals surface area contributed by atoms with Crippen molar-refractivity contribution in [1.29, 1.82) is 0 Å². The van der Waals surface area contributed by atoms with Gasteiger partial charge in [-0.05, 0) is 34.6 Å². The third-order valence-corrected chi connectivity index (χ3v) is 4.25. The highest BCUT2D eigenvalue weighted by atomic mass is 32.1. The van der Waals surface area contributed by atoms with Crippen LogP contribution in [0.4, 0.5) is 0 Å². The summed E-state index contributed by atoms with van der Waals surface area (Å²) in [5.41, 5.74) is 3.76. The van der Waals surface area contributed by atoms with Gasteiger partial charge in [-0.1, -0.05) is 0 Å². The molecular formula is C14H20N4OS. The van der Waals surface area contributed by atoms with E-state index in [0.29, 0.717) is 6.42 Å². The van der Waals surface area contributed by atoms with Crippen LogP contribution in [-0.4, -0.2) is 21.1 Å². The molecule has 2 rings (SSSR count). The van der Waals surface area contributed by atoms with E-state index in [2.05, 4.69) is 20.5 Å². The molecule has 0 saturated heterocycles. The molecular weight excluding hydrogens is 272 g/mol. The predicted octanol–water partition coefficient (Wildman–Crippen LogP) is 2.52. The highest BCUT2D eigenvalue weighted by Gasteiger charge is 2.17. The van der Waals surface area contributed by atoms with E-state index in [-0.39, 0.29) is 11.9 Å². The number of nitrogens with one attached hydrogen (secondary N) is 2. The summed E-state index contributed by atoms with van der Waals surface area (Å²) in [7, 11) is 0. The Morgan fingerprint density at radius 2 is 2.05 bits per heavy atom. The highest BCUT2D eigenvalue weighted by molar-refractivity contribution is 7.11. The monoisotopic (exact) mass is 292 g/mol. The van der Waals surface area contributed by atoms with Crippen molar-refractivity contribution in [2.24, 2.45) is 0 Å². The summed E-state index contributed by atoms with van der Waals surface area (Å²) in [6, 6.07) is -0.0695. The number of carbonyl (C=O) groups is 1. The first-order valence-electron chi connectivity index (χ1n) is 6.62. The van der Waals surface area contributed by atoms with Crippen LogP contribution >= 0.6 is 11.3 Å². The minimum absolute atomic E-state index is 0.00449. The maximum absolute atomic E-state index is 12.1. The second-order valence-electron chi connectivity index (χ2n) is 5.05. The zero-order valence-corrected chi connectivity index (χ0v) is 13.3. The molecule has 20 heavy (non-hydrogen) atoms. The van der Waals surface area contributed by atoms with Crippen molar-refractivity contribution >= 4 is 17.2 Å². The van der Waals surface area contributed by atoms with Gasteiger partial charge in [-0.15, -0.1) is 11.3 Å². The van der Waals surface area contributed by atoms with Crippen LogP contribution in [0.25, 0.3) is 0 Å². The summed E-state index contributed by atoms with van der Waals surface area (Å²) in [6.45, 7) is 9.82. The summed E-state index contributed by atoms with van der Waals surface area (Å²) >= 11 is 1.66. The average Bonchev–Trinajstić information content (AvgIpc) is 2.85. The molecule has 2 aromatic heterocycles. The minimum atomic E-state index is -0.0695. The Kier molecular flexibility index (Phi) is 4.23. The topological polar surface area (TPSA) is 70.7 Å². The molecule has 0 aliphatic heterocycles. The summed E-state index contributed by atoms with van der Waals surface area (Å²) in [5, 5.41) is 11.0. The van der Waals surface area contributed by atoms with Crippen LogP contribution in [-0.2, 0) is 11.2 Å². The number of amides is 1. The van der Waals surface area contributed by atoms with Crippen molar-refractivity contribution in [1.82, 2.24) is 20.5 Å². The Morgan fingerprint density at radius 3 is 2.55 bits per heavy atom. The van der Waals surface area contributed by atoms with Crippen LogP contribution in [0.2, 0.25) is 0 Å². The lowest BCUT2D eigenvalue weighted by Gasteiger charge is -2.13. The first-order valence-corrected chi connectivity index (χ1v) is 7.44. The summed E-state index contributed by atoms with van der Waals surface area (Å²) in [6.07, 6.45) is 0.348. The summed E-state index contributed by atoms with van der Waals surface area (Å²) in [4.78, 5) is 17.8. The van der Waals surface area contributed by atoms with E-state index in [0.717, 1.165) is 32.5 Å². The van der Waals surface area contributed by atoms with E-state index in [1.807, 2.05) is 34.6 Å².